The fraction of sp³-hybridized carbons (Fsp3) is 0.500. The summed E-state index contributed by atoms with van der Waals surface area (Å²) in [5, 5.41) is 9.05. The van der Waals surface area contributed by atoms with E-state index < -0.39 is 11.4 Å². The molecule has 6 heteroatoms. The van der Waals surface area contributed by atoms with Gasteiger partial charge in [-0.2, -0.15) is 0 Å². The van der Waals surface area contributed by atoms with E-state index in [0.717, 1.165) is 19.0 Å². The first kappa shape index (κ1) is 14.2. The molecule has 18 heavy (non-hydrogen) atoms. The van der Waals surface area contributed by atoms with Gasteiger partial charge in [-0.1, -0.05) is 0 Å². The van der Waals surface area contributed by atoms with Crippen LogP contribution >= 0.6 is 0 Å². The highest BCUT2D eigenvalue weighted by Crippen LogP contribution is 2.07. The van der Waals surface area contributed by atoms with E-state index in [1.807, 2.05) is 19.0 Å². The number of nitrogens with zero attached hydrogens (tertiary/aromatic N) is 2. The van der Waals surface area contributed by atoms with Crippen molar-refractivity contribution in [2.45, 2.75) is 13.0 Å². The van der Waals surface area contributed by atoms with Gasteiger partial charge in [-0.15, -0.1) is 0 Å². The van der Waals surface area contributed by atoms with Crippen LogP contribution in [0.1, 0.15) is 16.9 Å². The fourth-order valence-electron chi connectivity index (χ4n) is 1.63. The van der Waals surface area contributed by atoms with Gasteiger partial charge in [-0.05, 0) is 27.1 Å². The maximum atomic E-state index is 11.5. The zero-order valence-electron chi connectivity index (χ0n) is 10.8. The van der Waals surface area contributed by atoms with Crippen molar-refractivity contribution in [1.29, 1.82) is 0 Å². The van der Waals surface area contributed by atoms with E-state index in [1.54, 1.807) is 0 Å². The number of carboxylic acids is 1. The molecule has 0 aliphatic carbocycles. The number of carbonyl (C=O) groups is 1. The molecule has 0 spiro atoms. The summed E-state index contributed by atoms with van der Waals surface area (Å²) in [5.41, 5.74) is -0.432. The third-order valence-electron chi connectivity index (χ3n) is 2.54. The van der Waals surface area contributed by atoms with Crippen LogP contribution < -0.4 is 10.2 Å². The maximum absolute atomic E-state index is 11.5. The van der Waals surface area contributed by atoms with Gasteiger partial charge in [0.2, 0.25) is 5.43 Å². The minimum absolute atomic E-state index is 0.0143. The van der Waals surface area contributed by atoms with Crippen molar-refractivity contribution >= 4 is 5.97 Å². The minimum atomic E-state index is -1.11. The minimum Gasteiger partial charge on any atom is -0.491 e. The van der Waals surface area contributed by atoms with Crippen LogP contribution in [0, 0.1) is 0 Å². The summed E-state index contributed by atoms with van der Waals surface area (Å²) in [6.45, 7) is 1.37. The van der Waals surface area contributed by atoms with Crippen molar-refractivity contribution in [2.24, 2.45) is 0 Å². The fourth-order valence-corrected chi connectivity index (χ4v) is 1.63. The lowest BCUT2D eigenvalue weighted by atomic mass is 10.3. The molecule has 0 amide bonds. The number of pyridine rings is 1. The van der Waals surface area contributed by atoms with Crippen molar-refractivity contribution in [2.75, 3.05) is 27.7 Å². The second kappa shape index (κ2) is 6.20. The zero-order valence-corrected chi connectivity index (χ0v) is 10.8. The number of hydrogen-bond donors (Lipinski definition) is 1. The summed E-state index contributed by atoms with van der Waals surface area (Å²) in [4.78, 5) is 24.6. The van der Waals surface area contributed by atoms with Crippen LogP contribution in [-0.4, -0.2) is 48.3 Å². The van der Waals surface area contributed by atoms with Gasteiger partial charge >= 0.3 is 5.97 Å². The Kier molecular flexibility index (Phi) is 4.91. The molecule has 0 fully saturated rings. The number of rotatable bonds is 6. The molecule has 0 aliphatic rings. The van der Waals surface area contributed by atoms with Crippen LogP contribution in [-0.2, 0) is 6.54 Å². The molecule has 1 rings (SSSR count). The van der Waals surface area contributed by atoms with Gasteiger partial charge in [0.05, 0.1) is 13.3 Å². The van der Waals surface area contributed by atoms with E-state index in [1.165, 1.54) is 17.9 Å². The highest BCUT2D eigenvalue weighted by atomic mass is 16.5. The van der Waals surface area contributed by atoms with Crippen molar-refractivity contribution < 1.29 is 14.6 Å². The van der Waals surface area contributed by atoms with Crippen molar-refractivity contribution in [3.05, 3.63) is 28.2 Å². The molecule has 100 valence electrons. The van der Waals surface area contributed by atoms with Crippen LogP contribution in [0.2, 0.25) is 0 Å². The Morgan fingerprint density at radius 1 is 1.50 bits per heavy atom. The first-order valence-corrected chi connectivity index (χ1v) is 5.62. The molecule has 1 heterocycles. The largest absolute Gasteiger partial charge is 0.491 e. The molecular formula is C12H18N2O4. The molecule has 0 saturated carbocycles. The summed E-state index contributed by atoms with van der Waals surface area (Å²) in [7, 11) is 5.29. The number of ether oxygens (including phenoxy) is 1. The summed E-state index contributed by atoms with van der Waals surface area (Å²) in [5.74, 6) is -0.954. The third-order valence-corrected chi connectivity index (χ3v) is 2.54. The second-order valence-electron chi connectivity index (χ2n) is 4.25. The normalized spacial score (nSPS) is 10.7. The Balaban J connectivity index is 2.99. The molecule has 1 aromatic rings. The van der Waals surface area contributed by atoms with Crippen LogP contribution in [0.15, 0.2) is 17.1 Å². The third kappa shape index (κ3) is 3.59. The Morgan fingerprint density at radius 2 is 2.17 bits per heavy atom. The summed E-state index contributed by atoms with van der Waals surface area (Å²) in [6, 6.07) is 1.09. The predicted molar refractivity (Wildman–Crippen MR) is 67.4 cm³/mol. The van der Waals surface area contributed by atoms with Crippen molar-refractivity contribution in [3.63, 3.8) is 0 Å². The molecule has 1 N–H and O–H groups in total. The highest BCUT2D eigenvalue weighted by Gasteiger charge is 2.12. The second-order valence-corrected chi connectivity index (χ2v) is 4.25. The highest BCUT2D eigenvalue weighted by molar-refractivity contribution is 5.85. The molecule has 0 aliphatic heterocycles. The lowest BCUT2D eigenvalue weighted by Crippen LogP contribution is -2.20. The average Bonchev–Trinajstić information content (AvgIpc) is 2.29. The van der Waals surface area contributed by atoms with E-state index in [2.05, 4.69) is 0 Å². The summed E-state index contributed by atoms with van der Waals surface area (Å²) < 4.78 is 6.44. The average molecular weight is 254 g/mol. The lowest BCUT2D eigenvalue weighted by Gasteiger charge is -2.14. The van der Waals surface area contributed by atoms with E-state index in [4.69, 9.17) is 9.84 Å². The molecule has 1 aromatic heterocycles. The van der Waals surface area contributed by atoms with Gasteiger partial charge in [0.1, 0.15) is 5.69 Å². The maximum Gasteiger partial charge on any atom is 0.352 e. The quantitative estimate of drug-likeness (QED) is 0.800. The Hall–Kier alpha value is -1.82. The Morgan fingerprint density at radius 3 is 2.67 bits per heavy atom. The number of hydrogen-bond acceptors (Lipinski definition) is 4. The lowest BCUT2D eigenvalue weighted by molar-refractivity contribution is 0.0683. The Bertz CT molecular complexity index is 479. The van der Waals surface area contributed by atoms with E-state index in [0.29, 0.717) is 6.54 Å². The van der Waals surface area contributed by atoms with Crippen LogP contribution in [0.4, 0.5) is 0 Å². The molecule has 0 radical (unpaired) electrons. The van der Waals surface area contributed by atoms with Crippen molar-refractivity contribution in [1.82, 2.24) is 9.47 Å². The zero-order chi connectivity index (χ0) is 13.7. The topological polar surface area (TPSA) is 71.8 Å². The van der Waals surface area contributed by atoms with Gasteiger partial charge in [0, 0.05) is 12.6 Å². The van der Waals surface area contributed by atoms with Gasteiger partial charge in [0.15, 0.2) is 5.75 Å². The van der Waals surface area contributed by atoms with Gasteiger partial charge < -0.3 is 19.3 Å². The van der Waals surface area contributed by atoms with Crippen molar-refractivity contribution in [3.8, 4) is 5.75 Å². The molecule has 0 unspecified atom stereocenters. The number of carboxylic acid groups (broad SMARTS) is 1. The first-order chi connectivity index (χ1) is 8.45. The monoisotopic (exact) mass is 254 g/mol. The molecule has 0 atom stereocenters. The number of methoxy groups -OCH3 is 1. The number of aromatic carboxylic acids is 1. The van der Waals surface area contributed by atoms with E-state index in [9.17, 15) is 9.59 Å². The molecule has 0 bridgehead atoms. The molecular weight excluding hydrogens is 236 g/mol. The van der Waals surface area contributed by atoms with Gasteiger partial charge in [-0.3, -0.25) is 4.79 Å². The summed E-state index contributed by atoms with van der Waals surface area (Å²) in [6.07, 6.45) is 2.24. The van der Waals surface area contributed by atoms with Crippen LogP contribution in [0.5, 0.6) is 5.75 Å². The van der Waals surface area contributed by atoms with E-state index >= 15 is 0 Å². The summed E-state index contributed by atoms with van der Waals surface area (Å²) >= 11 is 0. The predicted octanol–water partition coefficient (Wildman–Crippen LogP) is 0.507. The number of aromatic nitrogens is 1. The van der Waals surface area contributed by atoms with Crippen LogP contribution in [0.25, 0.3) is 0 Å². The SMILES string of the molecule is COc1cn(CCCN(C)C)c(C(=O)O)cc1=O. The smallest absolute Gasteiger partial charge is 0.352 e. The Labute approximate surface area is 105 Å². The standard InChI is InChI=1S/C12H18N2O4/c1-13(2)5-4-6-14-8-11(18-3)10(15)7-9(14)12(16)17/h7-8H,4-6H2,1-3H3,(H,16,17). The molecule has 0 saturated heterocycles. The van der Waals surface area contributed by atoms with E-state index in [-0.39, 0.29) is 11.4 Å². The number of aryl methyl sites for hydroxylation is 1. The molecule has 6 nitrogen and oxygen atoms in total. The molecule has 0 aromatic carbocycles. The van der Waals surface area contributed by atoms with Gasteiger partial charge in [0.25, 0.3) is 0 Å². The first-order valence-electron chi connectivity index (χ1n) is 5.62. The van der Waals surface area contributed by atoms with Crippen LogP contribution in [0.3, 0.4) is 0 Å². The van der Waals surface area contributed by atoms with Gasteiger partial charge in [-0.25, -0.2) is 4.79 Å².